The van der Waals surface area contributed by atoms with Crippen molar-refractivity contribution in [2.75, 3.05) is 0 Å². The molecule has 0 saturated heterocycles. The van der Waals surface area contributed by atoms with Crippen LogP contribution in [-0.2, 0) is 5.60 Å². The molecule has 3 rings (SSSR count). The molecular formula is C20H12Cl2F6OS. The van der Waals surface area contributed by atoms with Gasteiger partial charge in [0.05, 0.1) is 4.88 Å². The molecule has 1 nitrogen and oxygen atoms in total. The maximum Gasteiger partial charge on any atom is 0.362 e. The SMILES string of the molecule is Cc1c(C(O)(C(F)(F)Cl)C(F)(F)Cl)sc(-c2ccc(F)cc2)c1-c1ccc(F)cc1. The smallest absolute Gasteiger partial charge is 0.362 e. The van der Waals surface area contributed by atoms with E-state index in [1.807, 2.05) is 0 Å². The van der Waals surface area contributed by atoms with Crippen molar-refractivity contribution >= 4 is 34.5 Å². The second-order valence-corrected chi connectivity index (χ2v) is 8.45. The van der Waals surface area contributed by atoms with Gasteiger partial charge in [0.2, 0.25) is 0 Å². The third kappa shape index (κ3) is 3.82. The number of rotatable bonds is 5. The maximum atomic E-state index is 14.0. The summed E-state index contributed by atoms with van der Waals surface area (Å²) in [7, 11) is 0. The zero-order chi connectivity index (χ0) is 22.5. The fourth-order valence-corrected chi connectivity index (χ4v) is 5.12. The summed E-state index contributed by atoms with van der Waals surface area (Å²) >= 11 is 10.2. The third-order valence-electron chi connectivity index (χ3n) is 4.54. The van der Waals surface area contributed by atoms with Gasteiger partial charge in [0.1, 0.15) is 11.6 Å². The fourth-order valence-electron chi connectivity index (χ4n) is 3.05. The minimum absolute atomic E-state index is 0.158. The average molecular weight is 485 g/mol. The molecule has 0 fully saturated rings. The molecule has 0 spiro atoms. The van der Waals surface area contributed by atoms with E-state index in [-0.39, 0.29) is 16.0 Å². The standard InChI is InChI=1S/C20H12Cl2F6OS/c1-10-15(11-2-6-13(23)7-3-11)16(12-4-8-14(24)9-5-12)30-17(10)18(29,19(21,25)26)20(22,27)28/h2-9,29H,1H3. The predicted octanol–water partition coefficient (Wildman–Crippen LogP) is 7.52. The van der Waals surface area contributed by atoms with Crippen LogP contribution in [0.5, 0.6) is 0 Å². The number of hydrogen-bond donors (Lipinski definition) is 1. The Kier molecular flexibility index (Phi) is 5.92. The lowest BCUT2D eigenvalue weighted by atomic mass is 9.92. The molecule has 3 aromatic rings. The molecule has 0 atom stereocenters. The highest BCUT2D eigenvalue weighted by Gasteiger charge is 2.69. The third-order valence-corrected chi connectivity index (χ3v) is 6.53. The van der Waals surface area contributed by atoms with Crippen LogP contribution in [0.4, 0.5) is 26.3 Å². The van der Waals surface area contributed by atoms with E-state index in [9.17, 15) is 31.4 Å². The molecule has 0 saturated carbocycles. The van der Waals surface area contributed by atoms with Crippen LogP contribution in [0.25, 0.3) is 21.6 Å². The van der Waals surface area contributed by atoms with Crippen LogP contribution in [0.15, 0.2) is 48.5 Å². The first-order valence-corrected chi connectivity index (χ1v) is 9.86. The first-order chi connectivity index (χ1) is 13.8. The lowest BCUT2D eigenvalue weighted by Crippen LogP contribution is -2.52. The average Bonchev–Trinajstić information content (AvgIpc) is 2.98. The Balaban J connectivity index is 2.38. The number of alkyl halides is 6. The predicted molar refractivity (Wildman–Crippen MR) is 105 cm³/mol. The molecule has 2 aromatic carbocycles. The van der Waals surface area contributed by atoms with E-state index in [2.05, 4.69) is 0 Å². The van der Waals surface area contributed by atoms with E-state index in [4.69, 9.17) is 23.2 Å². The van der Waals surface area contributed by atoms with Crippen LogP contribution in [0.3, 0.4) is 0 Å². The second-order valence-electron chi connectivity index (χ2n) is 6.48. The second kappa shape index (κ2) is 7.75. The summed E-state index contributed by atoms with van der Waals surface area (Å²) in [6, 6.07) is 9.64. The van der Waals surface area contributed by atoms with Crippen molar-refractivity contribution in [1.82, 2.24) is 0 Å². The van der Waals surface area contributed by atoms with Crippen LogP contribution in [0.1, 0.15) is 10.4 Å². The van der Waals surface area contributed by atoms with E-state index in [1.54, 1.807) is 0 Å². The number of benzene rings is 2. The minimum atomic E-state index is -4.84. The van der Waals surface area contributed by atoms with Gasteiger partial charge >= 0.3 is 10.8 Å². The normalized spacial score (nSPS) is 13.0. The van der Waals surface area contributed by atoms with Crippen molar-refractivity contribution in [3.8, 4) is 21.6 Å². The molecule has 0 unspecified atom stereocenters. The van der Waals surface area contributed by atoms with Gasteiger partial charge in [-0.25, -0.2) is 8.78 Å². The summed E-state index contributed by atoms with van der Waals surface area (Å²) in [4.78, 5) is -0.712. The first kappa shape index (κ1) is 22.9. The molecule has 10 heteroatoms. The molecule has 0 amide bonds. The zero-order valence-electron chi connectivity index (χ0n) is 15.0. The Labute approximate surface area is 181 Å². The van der Waals surface area contributed by atoms with Crippen molar-refractivity contribution < 1.29 is 31.4 Å². The van der Waals surface area contributed by atoms with E-state index in [0.29, 0.717) is 22.5 Å². The fraction of sp³-hybridized carbons (Fsp3) is 0.200. The van der Waals surface area contributed by atoms with Crippen molar-refractivity contribution in [2.45, 2.75) is 23.3 Å². The lowest BCUT2D eigenvalue weighted by molar-refractivity contribution is -0.222. The van der Waals surface area contributed by atoms with Crippen LogP contribution >= 0.6 is 34.5 Å². The van der Waals surface area contributed by atoms with E-state index in [0.717, 1.165) is 24.3 Å². The van der Waals surface area contributed by atoms with Crippen LogP contribution in [-0.4, -0.2) is 15.9 Å². The molecule has 1 aromatic heterocycles. The summed E-state index contributed by atoms with van der Waals surface area (Å²) in [5.74, 6) is -1.15. The zero-order valence-corrected chi connectivity index (χ0v) is 17.3. The molecule has 0 bridgehead atoms. The van der Waals surface area contributed by atoms with Gasteiger partial charge in [0.25, 0.3) is 5.60 Å². The van der Waals surface area contributed by atoms with Gasteiger partial charge in [0, 0.05) is 10.4 Å². The highest BCUT2D eigenvalue weighted by atomic mass is 35.5. The lowest BCUT2D eigenvalue weighted by Gasteiger charge is -2.34. The highest BCUT2D eigenvalue weighted by molar-refractivity contribution is 7.16. The van der Waals surface area contributed by atoms with Crippen molar-refractivity contribution in [3.63, 3.8) is 0 Å². The molecule has 1 heterocycles. The summed E-state index contributed by atoms with van der Waals surface area (Å²) in [5.41, 5.74) is -3.64. The summed E-state index contributed by atoms with van der Waals surface area (Å²) in [5, 5.41) is 0.704. The van der Waals surface area contributed by atoms with Gasteiger partial charge in [0.15, 0.2) is 0 Å². The molecule has 0 aliphatic carbocycles. The largest absolute Gasteiger partial charge is 0.371 e. The Morgan fingerprint density at radius 1 is 0.767 bits per heavy atom. The Morgan fingerprint density at radius 3 is 1.57 bits per heavy atom. The van der Waals surface area contributed by atoms with Gasteiger partial charge in [-0.3, -0.25) is 0 Å². The molecule has 30 heavy (non-hydrogen) atoms. The molecule has 0 aliphatic heterocycles. The molecule has 1 N–H and O–H groups in total. The Bertz CT molecular complexity index is 1040. The monoisotopic (exact) mass is 484 g/mol. The van der Waals surface area contributed by atoms with E-state index >= 15 is 0 Å². The molecule has 0 radical (unpaired) electrons. The van der Waals surface area contributed by atoms with Gasteiger partial charge in [-0.15, -0.1) is 11.3 Å². The highest BCUT2D eigenvalue weighted by Crippen LogP contribution is 2.57. The number of aliphatic hydroxyl groups is 1. The van der Waals surface area contributed by atoms with Crippen LogP contribution in [0.2, 0.25) is 0 Å². The van der Waals surface area contributed by atoms with Crippen LogP contribution < -0.4 is 0 Å². The summed E-state index contributed by atoms with van der Waals surface area (Å²) < 4.78 is 82.9. The first-order valence-electron chi connectivity index (χ1n) is 8.29. The minimum Gasteiger partial charge on any atom is -0.371 e. The number of thiophene rings is 1. The molecule has 0 aliphatic rings. The van der Waals surface area contributed by atoms with E-state index < -0.39 is 32.9 Å². The van der Waals surface area contributed by atoms with Gasteiger partial charge in [-0.2, -0.15) is 17.6 Å². The number of halogens is 8. The van der Waals surface area contributed by atoms with Gasteiger partial charge < -0.3 is 5.11 Å². The number of hydrogen-bond acceptors (Lipinski definition) is 2. The van der Waals surface area contributed by atoms with Crippen molar-refractivity contribution in [2.24, 2.45) is 0 Å². The maximum absolute atomic E-state index is 14.0. The molecule has 160 valence electrons. The quantitative estimate of drug-likeness (QED) is 0.293. The van der Waals surface area contributed by atoms with Crippen molar-refractivity contribution in [1.29, 1.82) is 0 Å². The van der Waals surface area contributed by atoms with Gasteiger partial charge in [-0.1, -0.05) is 24.3 Å². The Morgan fingerprint density at radius 2 is 1.17 bits per heavy atom. The van der Waals surface area contributed by atoms with Gasteiger partial charge in [-0.05, 0) is 71.1 Å². The Hall–Kier alpha value is -1.74. The van der Waals surface area contributed by atoms with Crippen LogP contribution in [0, 0.1) is 18.6 Å². The molecular weight excluding hydrogens is 473 g/mol. The van der Waals surface area contributed by atoms with E-state index in [1.165, 1.54) is 31.2 Å². The summed E-state index contributed by atoms with van der Waals surface area (Å²) in [6.45, 7) is 1.23. The topological polar surface area (TPSA) is 20.2 Å². The van der Waals surface area contributed by atoms with Crippen molar-refractivity contribution in [3.05, 3.63) is 70.6 Å². The summed E-state index contributed by atoms with van der Waals surface area (Å²) in [6.07, 6.45) is 0.